The Morgan fingerprint density at radius 3 is 3.05 bits per heavy atom. The number of amides is 1. The molecule has 108 valence electrons. The van der Waals surface area contributed by atoms with Crippen LogP contribution in [0.4, 0.5) is 0 Å². The van der Waals surface area contributed by atoms with E-state index in [4.69, 9.17) is 5.84 Å². The average Bonchev–Trinajstić information content (AvgIpc) is 2.98. The molecule has 0 atom stereocenters. The minimum Gasteiger partial charge on any atom is -0.289 e. The van der Waals surface area contributed by atoms with Crippen molar-refractivity contribution in [3.05, 3.63) is 31.9 Å². The Kier molecular flexibility index (Phi) is 4.63. The molecule has 0 aliphatic rings. The van der Waals surface area contributed by atoms with Crippen molar-refractivity contribution >= 4 is 29.0 Å². The summed E-state index contributed by atoms with van der Waals surface area (Å²) in [7, 11) is 0. The first-order valence-corrected chi connectivity index (χ1v) is 7.75. The lowest BCUT2D eigenvalue weighted by Gasteiger charge is -2.01. The summed E-state index contributed by atoms with van der Waals surface area (Å²) in [6, 6.07) is 1.82. The van der Waals surface area contributed by atoms with Gasteiger partial charge >= 0.3 is 5.69 Å². The van der Waals surface area contributed by atoms with Crippen LogP contribution in [0.5, 0.6) is 0 Å². The van der Waals surface area contributed by atoms with Gasteiger partial charge in [-0.15, -0.1) is 16.4 Å². The van der Waals surface area contributed by atoms with Crippen molar-refractivity contribution in [2.45, 2.75) is 31.3 Å². The lowest BCUT2D eigenvalue weighted by molar-refractivity contribution is 0.0957. The number of carbonyl (C=O) groups excluding carboxylic acids is 1. The molecule has 0 unspecified atom stereocenters. The maximum absolute atomic E-state index is 11.5. The number of nitrogens with zero attached hydrogens (tertiary/aromatic N) is 2. The number of hydrazine groups is 1. The molecule has 0 aromatic carbocycles. The van der Waals surface area contributed by atoms with Crippen LogP contribution in [-0.4, -0.2) is 20.7 Å². The number of nitrogen functional groups attached to an aromatic ring is 1. The number of H-pyrrole nitrogens is 1. The van der Waals surface area contributed by atoms with Gasteiger partial charge in [0.05, 0.1) is 4.88 Å². The standard InChI is InChI=1S/C11H15N5O2S2/c1-3-16-10(18)14-15-11(16)19-5-7-4-8(9(17)13-12)20-6(7)2/h4H,3,5,12H2,1-2H3,(H,13,17)(H,14,18). The number of carbonyl (C=O) groups is 1. The third-order valence-corrected chi connectivity index (χ3v) is 4.89. The molecular formula is C11H15N5O2S2. The van der Waals surface area contributed by atoms with Crippen molar-refractivity contribution in [1.82, 2.24) is 20.2 Å². The smallest absolute Gasteiger partial charge is 0.289 e. The van der Waals surface area contributed by atoms with Gasteiger partial charge in [0, 0.05) is 17.2 Å². The zero-order valence-electron chi connectivity index (χ0n) is 11.1. The summed E-state index contributed by atoms with van der Waals surface area (Å²) in [6.07, 6.45) is 0. The van der Waals surface area contributed by atoms with Gasteiger partial charge in [0.15, 0.2) is 5.16 Å². The summed E-state index contributed by atoms with van der Waals surface area (Å²) in [5.41, 5.74) is 2.95. The molecule has 20 heavy (non-hydrogen) atoms. The van der Waals surface area contributed by atoms with Crippen molar-refractivity contribution in [3.63, 3.8) is 0 Å². The predicted octanol–water partition coefficient (Wildman–Crippen LogP) is 0.857. The fourth-order valence-electron chi connectivity index (χ4n) is 1.68. The number of rotatable bonds is 5. The highest BCUT2D eigenvalue weighted by molar-refractivity contribution is 7.98. The Morgan fingerprint density at radius 2 is 2.40 bits per heavy atom. The Bertz CT molecular complexity index is 673. The maximum atomic E-state index is 11.5. The normalized spacial score (nSPS) is 10.8. The fourth-order valence-corrected chi connectivity index (χ4v) is 3.78. The molecule has 0 aliphatic heterocycles. The molecule has 0 saturated heterocycles. The molecule has 0 aliphatic carbocycles. The molecule has 0 fully saturated rings. The molecule has 0 bridgehead atoms. The Labute approximate surface area is 123 Å². The minimum atomic E-state index is -0.292. The van der Waals surface area contributed by atoms with Gasteiger partial charge in [-0.1, -0.05) is 11.8 Å². The summed E-state index contributed by atoms with van der Waals surface area (Å²) in [5, 5.41) is 7.06. The Balaban J connectivity index is 2.13. The van der Waals surface area contributed by atoms with E-state index in [1.54, 1.807) is 4.57 Å². The Morgan fingerprint density at radius 1 is 1.65 bits per heavy atom. The largest absolute Gasteiger partial charge is 0.343 e. The molecule has 2 rings (SSSR count). The van der Waals surface area contributed by atoms with Gasteiger partial charge in [-0.2, -0.15) is 0 Å². The topological polar surface area (TPSA) is 106 Å². The van der Waals surface area contributed by atoms with Crippen molar-refractivity contribution in [1.29, 1.82) is 0 Å². The second kappa shape index (κ2) is 6.25. The number of aromatic nitrogens is 3. The van der Waals surface area contributed by atoms with E-state index >= 15 is 0 Å². The first kappa shape index (κ1) is 14.8. The van der Waals surface area contributed by atoms with Crippen molar-refractivity contribution in [2.24, 2.45) is 5.84 Å². The highest BCUT2D eigenvalue weighted by atomic mass is 32.2. The van der Waals surface area contributed by atoms with Crippen LogP contribution < -0.4 is 17.0 Å². The highest BCUT2D eigenvalue weighted by Crippen LogP contribution is 2.27. The Hall–Kier alpha value is -1.58. The molecule has 9 heteroatoms. The maximum Gasteiger partial charge on any atom is 0.343 e. The molecular weight excluding hydrogens is 298 g/mol. The van der Waals surface area contributed by atoms with Crippen molar-refractivity contribution in [2.75, 3.05) is 0 Å². The van der Waals surface area contributed by atoms with E-state index in [1.807, 2.05) is 19.9 Å². The third kappa shape index (κ3) is 2.94. The van der Waals surface area contributed by atoms with Crippen LogP contribution >= 0.6 is 23.1 Å². The van der Waals surface area contributed by atoms with E-state index in [0.717, 1.165) is 10.4 Å². The van der Waals surface area contributed by atoms with E-state index in [1.165, 1.54) is 23.1 Å². The van der Waals surface area contributed by atoms with Gasteiger partial charge in [-0.25, -0.2) is 15.7 Å². The number of hydrogen-bond acceptors (Lipinski definition) is 6. The average molecular weight is 313 g/mol. The number of aryl methyl sites for hydroxylation is 1. The molecule has 2 heterocycles. The number of nitrogens with one attached hydrogen (secondary N) is 2. The fraction of sp³-hybridized carbons (Fsp3) is 0.364. The van der Waals surface area contributed by atoms with Crippen molar-refractivity contribution < 1.29 is 4.79 Å². The second-order valence-electron chi connectivity index (χ2n) is 4.01. The molecule has 7 nitrogen and oxygen atoms in total. The lowest BCUT2D eigenvalue weighted by Crippen LogP contribution is -2.29. The van der Waals surface area contributed by atoms with Crippen LogP contribution in [0.25, 0.3) is 0 Å². The number of hydrogen-bond donors (Lipinski definition) is 3. The zero-order chi connectivity index (χ0) is 14.7. The van der Waals surface area contributed by atoms with Crippen LogP contribution in [0.1, 0.15) is 27.0 Å². The van der Waals surface area contributed by atoms with Gasteiger partial charge in [0.1, 0.15) is 0 Å². The van der Waals surface area contributed by atoms with E-state index in [2.05, 4.69) is 15.6 Å². The van der Waals surface area contributed by atoms with E-state index < -0.39 is 0 Å². The van der Waals surface area contributed by atoms with E-state index in [0.29, 0.717) is 22.3 Å². The lowest BCUT2D eigenvalue weighted by atomic mass is 10.3. The van der Waals surface area contributed by atoms with E-state index in [9.17, 15) is 9.59 Å². The summed E-state index contributed by atoms with van der Waals surface area (Å²) in [6.45, 7) is 4.41. The molecule has 4 N–H and O–H groups in total. The van der Waals surface area contributed by atoms with Gasteiger partial charge in [0.2, 0.25) is 0 Å². The molecule has 1 amide bonds. The van der Waals surface area contributed by atoms with Crippen LogP contribution in [0.15, 0.2) is 16.0 Å². The summed E-state index contributed by atoms with van der Waals surface area (Å²) in [4.78, 5) is 24.5. The minimum absolute atomic E-state index is 0.208. The van der Waals surface area contributed by atoms with Crippen LogP contribution in [-0.2, 0) is 12.3 Å². The number of thiophene rings is 1. The van der Waals surface area contributed by atoms with Crippen molar-refractivity contribution in [3.8, 4) is 0 Å². The predicted molar refractivity (Wildman–Crippen MR) is 78.8 cm³/mol. The quantitative estimate of drug-likeness (QED) is 0.328. The first-order valence-electron chi connectivity index (χ1n) is 5.95. The van der Waals surface area contributed by atoms with Crippen LogP contribution in [0.2, 0.25) is 0 Å². The third-order valence-electron chi connectivity index (χ3n) is 2.77. The van der Waals surface area contributed by atoms with Crippen LogP contribution in [0.3, 0.4) is 0 Å². The number of aromatic amines is 1. The zero-order valence-corrected chi connectivity index (χ0v) is 12.7. The summed E-state index contributed by atoms with van der Waals surface area (Å²) in [5.74, 6) is 5.47. The van der Waals surface area contributed by atoms with Gasteiger partial charge < -0.3 is 0 Å². The molecule has 0 spiro atoms. The molecule has 0 saturated carbocycles. The highest BCUT2D eigenvalue weighted by Gasteiger charge is 2.13. The second-order valence-corrected chi connectivity index (χ2v) is 6.21. The van der Waals surface area contributed by atoms with Gasteiger partial charge in [0.25, 0.3) is 5.91 Å². The summed E-state index contributed by atoms with van der Waals surface area (Å²) >= 11 is 2.85. The monoisotopic (exact) mass is 313 g/mol. The van der Waals surface area contributed by atoms with Crippen LogP contribution in [0, 0.1) is 6.92 Å². The van der Waals surface area contributed by atoms with Gasteiger partial charge in [-0.3, -0.25) is 14.8 Å². The number of thioether (sulfide) groups is 1. The summed E-state index contributed by atoms with van der Waals surface area (Å²) < 4.78 is 1.57. The molecule has 0 radical (unpaired) electrons. The number of nitrogens with two attached hydrogens (primary N) is 1. The first-order chi connectivity index (χ1) is 9.56. The molecule has 2 aromatic heterocycles. The molecule has 2 aromatic rings. The SMILES string of the molecule is CCn1c(SCc2cc(C(=O)NN)sc2C)n[nH]c1=O. The van der Waals surface area contributed by atoms with E-state index in [-0.39, 0.29) is 11.6 Å². The van der Waals surface area contributed by atoms with Gasteiger partial charge in [-0.05, 0) is 25.5 Å².